The number of anilines is 1. The van der Waals surface area contributed by atoms with Gasteiger partial charge in [-0.1, -0.05) is 5.21 Å². The van der Waals surface area contributed by atoms with Crippen molar-refractivity contribution in [2.24, 2.45) is 0 Å². The number of aromatic nitrogens is 3. The molecule has 30 heavy (non-hydrogen) atoms. The van der Waals surface area contributed by atoms with E-state index in [1.54, 1.807) is 36.1 Å². The van der Waals surface area contributed by atoms with Crippen LogP contribution in [0.2, 0.25) is 0 Å². The van der Waals surface area contributed by atoms with E-state index in [1.807, 2.05) is 6.20 Å². The zero-order chi connectivity index (χ0) is 21.4. The molecule has 0 unspecified atom stereocenters. The number of nitrogens with zero attached hydrogens (tertiary/aromatic N) is 3. The summed E-state index contributed by atoms with van der Waals surface area (Å²) in [5.74, 6) is -0.801. The minimum Gasteiger partial charge on any atom is -0.382 e. The molecule has 1 aromatic heterocycles. The zero-order valence-electron chi connectivity index (χ0n) is 17.0. The summed E-state index contributed by atoms with van der Waals surface area (Å²) in [6, 6.07) is 6.51. The Labute approximate surface area is 174 Å². The second kappa shape index (κ2) is 14.4. The molecule has 1 aromatic carbocycles. The fourth-order valence-corrected chi connectivity index (χ4v) is 2.34. The van der Waals surface area contributed by atoms with Crippen molar-refractivity contribution in [1.29, 1.82) is 0 Å². The first kappa shape index (κ1) is 23.7. The van der Waals surface area contributed by atoms with Gasteiger partial charge in [-0.25, -0.2) is 9.48 Å². The second-order valence-corrected chi connectivity index (χ2v) is 6.11. The van der Waals surface area contributed by atoms with E-state index in [0.29, 0.717) is 59.3 Å². The first-order valence-electron chi connectivity index (χ1n) is 9.53. The molecule has 0 aliphatic rings. The largest absolute Gasteiger partial charge is 0.382 e. The Balaban J connectivity index is 1.53. The lowest BCUT2D eigenvalue weighted by Gasteiger charge is -2.06. The van der Waals surface area contributed by atoms with Crippen molar-refractivity contribution in [1.82, 2.24) is 15.0 Å². The van der Waals surface area contributed by atoms with Gasteiger partial charge in [0, 0.05) is 12.8 Å². The predicted octanol–water partition coefficient (Wildman–Crippen LogP) is 1.22. The van der Waals surface area contributed by atoms with E-state index >= 15 is 0 Å². The van der Waals surface area contributed by atoms with Crippen LogP contribution >= 0.6 is 0 Å². The molecule has 166 valence electrons. The lowest BCUT2D eigenvalue weighted by atomic mass is 10.2. The minimum atomic E-state index is -0.801. The average molecular weight is 424 g/mol. The number of ether oxygens (including phenoxy) is 4. The molecule has 2 rings (SSSR count). The maximum Gasteiger partial charge on any atom is 0.372 e. The van der Waals surface area contributed by atoms with Crippen LogP contribution in [0.5, 0.6) is 0 Å². The van der Waals surface area contributed by atoms with Gasteiger partial charge in [0.2, 0.25) is 0 Å². The van der Waals surface area contributed by atoms with Crippen molar-refractivity contribution >= 4 is 11.7 Å². The molecule has 0 amide bonds. The predicted molar refractivity (Wildman–Crippen MR) is 106 cm³/mol. The summed E-state index contributed by atoms with van der Waals surface area (Å²) in [6.45, 7) is 4.80. The second-order valence-electron chi connectivity index (χ2n) is 6.11. The molecule has 11 heteroatoms. The van der Waals surface area contributed by atoms with Gasteiger partial charge < -0.3 is 24.3 Å². The quantitative estimate of drug-likeness (QED) is 0.231. The number of carbonyl (C=O) groups excluding carboxylic acids is 1. The van der Waals surface area contributed by atoms with Gasteiger partial charge in [0.15, 0.2) is 0 Å². The van der Waals surface area contributed by atoms with E-state index in [4.69, 9.17) is 24.2 Å². The van der Waals surface area contributed by atoms with Gasteiger partial charge in [-0.05, 0) is 24.3 Å². The summed E-state index contributed by atoms with van der Waals surface area (Å²) in [5.41, 5.74) is 1.83. The Bertz CT molecular complexity index is 724. The van der Waals surface area contributed by atoms with Gasteiger partial charge in [0.05, 0.1) is 71.1 Å². The van der Waals surface area contributed by atoms with E-state index in [2.05, 4.69) is 20.5 Å². The fraction of sp³-hybridized carbons (Fsp3) is 0.526. The number of rotatable bonds is 16. The molecule has 0 saturated heterocycles. The van der Waals surface area contributed by atoms with Crippen molar-refractivity contribution < 1.29 is 33.9 Å². The Morgan fingerprint density at radius 1 is 1.00 bits per heavy atom. The Morgan fingerprint density at radius 3 is 2.27 bits per heavy atom. The van der Waals surface area contributed by atoms with E-state index in [1.165, 1.54) is 0 Å². The lowest BCUT2D eigenvalue weighted by Crippen LogP contribution is -2.13. The molecule has 0 fully saturated rings. The molecule has 0 saturated carbocycles. The lowest BCUT2D eigenvalue weighted by molar-refractivity contribution is -0.182. The van der Waals surface area contributed by atoms with Gasteiger partial charge in [-0.3, -0.25) is 4.89 Å². The molecule has 0 bridgehead atoms. The van der Waals surface area contributed by atoms with Crippen LogP contribution in [-0.4, -0.2) is 79.6 Å². The number of hydrogen-bond acceptors (Lipinski definition) is 10. The topological polar surface area (TPSA) is 126 Å². The molecule has 11 nitrogen and oxygen atoms in total. The van der Waals surface area contributed by atoms with E-state index in [0.717, 1.165) is 11.4 Å². The molecule has 0 aliphatic heterocycles. The highest BCUT2D eigenvalue weighted by atomic mass is 17.1. The van der Waals surface area contributed by atoms with Crippen LogP contribution in [0.1, 0.15) is 16.1 Å². The molecular formula is C19H28N4O7. The SMILES string of the molecule is COCCOCCOCCOCCn1cc(CNc2ccc(C(=O)OO)cc2)nn1. The number of carbonyl (C=O) groups is 1. The standard InChI is InChI=1S/C19H28N4O7/c1-26-8-9-28-12-13-29-11-10-27-7-6-23-15-18(21-22-23)14-20-17-4-2-16(3-5-17)19(24)30-25/h2-5,15,20,25H,6-14H2,1H3. The minimum absolute atomic E-state index is 0.259. The van der Waals surface area contributed by atoms with E-state index < -0.39 is 5.97 Å². The maximum absolute atomic E-state index is 11.2. The van der Waals surface area contributed by atoms with Crippen LogP contribution in [-0.2, 0) is 36.9 Å². The van der Waals surface area contributed by atoms with Crippen molar-refractivity contribution in [3.63, 3.8) is 0 Å². The van der Waals surface area contributed by atoms with Gasteiger partial charge in [-0.2, -0.15) is 5.26 Å². The summed E-state index contributed by atoms with van der Waals surface area (Å²) in [6.07, 6.45) is 1.84. The average Bonchev–Trinajstić information content (AvgIpc) is 3.23. The van der Waals surface area contributed by atoms with Gasteiger partial charge in [0.25, 0.3) is 0 Å². The van der Waals surface area contributed by atoms with Crippen molar-refractivity contribution in [2.45, 2.75) is 13.1 Å². The van der Waals surface area contributed by atoms with Gasteiger partial charge in [-0.15, -0.1) is 5.10 Å². The van der Waals surface area contributed by atoms with Crippen LogP contribution in [0.15, 0.2) is 30.5 Å². The smallest absolute Gasteiger partial charge is 0.372 e. The van der Waals surface area contributed by atoms with E-state index in [-0.39, 0.29) is 5.56 Å². The molecule has 1 heterocycles. The van der Waals surface area contributed by atoms with E-state index in [9.17, 15) is 4.79 Å². The highest BCUT2D eigenvalue weighted by molar-refractivity contribution is 5.89. The van der Waals surface area contributed by atoms with Crippen molar-refractivity contribution in [3.05, 3.63) is 41.7 Å². The zero-order valence-corrected chi connectivity index (χ0v) is 17.0. The van der Waals surface area contributed by atoms with Crippen molar-refractivity contribution in [3.8, 4) is 0 Å². The first-order chi connectivity index (χ1) is 14.7. The van der Waals surface area contributed by atoms with Crippen LogP contribution in [0, 0.1) is 0 Å². The molecule has 2 N–H and O–H groups in total. The molecule has 0 spiro atoms. The van der Waals surface area contributed by atoms with Gasteiger partial charge >= 0.3 is 5.97 Å². The number of nitrogens with one attached hydrogen (secondary N) is 1. The Kier molecular flexibility index (Phi) is 11.4. The van der Waals surface area contributed by atoms with Crippen LogP contribution in [0.4, 0.5) is 5.69 Å². The molecule has 0 aliphatic carbocycles. The maximum atomic E-state index is 11.2. The number of benzene rings is 1. The number of hydrogen-bond donors (Lipinski definition) is 2. The van der Waals surface area contributed by atoms with Crippen LogP contribution < -0.4 is 5.32 Å². The molecule has 0 atom stereocenters. The molecule has 2 aromatic rings. The van der Waals surface area contributed by atoms with Crippen LogP contribution in [0.3, 0.4) is 0 Å². The number of methoxy groups -OCH3 is 1. The Hall–Kier alpha value is -2.57. The highest BCUT2D eigenvalue weighted by Gasteiger charge is 2.06. The highest BCUT2D eigenvalue weighted by Crippen LogP contribution is 2.11. The summed E-state index contributed by atoms with van der Waals surface area (Å²) in [5, 5.41) is 19.7. The van der Waals surface area contributed by atoms with Crippen molar-refractivity contribution in [2.75, 3.05) is 58.7 Å². The third kappa shape index (κ3) is 9.29. The van der Waals surface area contributed by atoms with Crippen LogP contribution in [0.25, 0.3) is 0 Å². The summed E-state index contributed by atoms with van der Waals surface area (Å²) < 4.78 is 22.8. The summed E-state index contributed by atoms with van der Waals surface area (Å²) in [4.78, 5) is 14.9. The third-order valence-corrected chi connectivity index (χ3v) is 3.90. The Morgan fingerprint density at radius 2 is 1.63 bits per heavy atom. The monoisotopic (exact) mass is 424 g/mol. The normalized spacial score (nSPS) is 10.9. The van der Waals surface area contributed by atoms with Gasteiger partial charge in [0.1, 0.15) is 5.69 Å². The summed E-state index contributed by atoms with van der Waals surface area (Å²) >= 11 is 0. The molecular weight excluding hydrogens is 396 g/mol. The fourth-order valence-electron chi connectivity index (χ4n) is 2.34. The third-order valence-electron chi connectivity index (χ3n) is 3.90. The first-order valence-corrected chi connectivity index (χ1v) is 9.53. The molecule has 0 radical (unpaired) electrons. The summed E-state index contributed by atoms with van der Waals surface area (Å²) in [7, 11) is 1.64.